The van der Waals surface area contributed by atoms with Gasteiger partial charge in [-0.05, 0) is 30.3 Å². The molecule has 0 saturated heterocycles. The van der Waals surface area contributed by atoms with E-state index in [2.05, 4.69) is 20.4 Å². The summed E-state index contributed by atoms with van der Waals surface area (Å²) in [6, 6.07) is 12.6. The Morgan fingerprint density at radius 1 is 1.16 bits per heavy atom. The smallest absolute Gasteiger partial charge is 0.227 e. The first-order chi connectivity index (χ1) is 15.0. The average molecular weight is 475 g/mol. The van der Waals surface area contributed by atoms with Crippen molar-refractivity contribution in [1.82, 2.24) is 15.1 Å². The molecule has 158 valence electrons. The minimum Gasteiger partial charge on any atom is -0.496 e. The quantitative estimate of drug-likeness (QED) is 0.366. The first-order valence-electron chi connectivity index (χ1n) is 9.20. The number of nitrogens with one attached hydrogen (secondary N) is 1. The Morgan fingerprint density at radius 3 is 2.81 bits per heavy atom. The van der Waals surface area contributed by atoms with Gasteiger partial charge in [0.2, 0.25) is 17.6 Å². The van der Waals surface area contributed by atoms with Crippen LogP contribution >= 0.6 is 34.5 Å². The highest BCUT2D eigenvalue weighted by atomic mass is 35.5. The summed E-state index contributed by atoms with van der Waals surface area (Å²) in [7, 11) is 1.58. The molecule has 0 aliphatic carbocycles. The van der Waals surface area contributed by atoms with Gasteiger partial charge in [-0.1, -0.05) is 40.5 Å². The van der Waals surface area contributed by atoms with Gasteiger partial charge in [0.05, 0.1) is 23.4 Å². The van der Waals surface area contributed by atoms with Gasteiger partial charge in [-0.3, -0.25) is 4.79 Å². The molecule has 1 amide bonds. The summed E-state index contributed by atoms with van der Waals surface area (Å²) < 4.78 is 10.6. The number of anilines is 1. The third-order valence-electron chi connectivity index (χ3n) is 4.34. The van der Waals surface area contributed by atoms with Crippen LogP contribution in [0, 0.1) is 0 Å². The van der Waals surface area contributed by atoms with Crippen molar-refractivity contribution in [2.45, 2.75) is 12.8 Å². The fourth-order valence-electron chi connectivity index (χ4n) is 2.85. The molecule has 4 rings (SSSR count). The Kier molecular flexibility index (Phi) is 6.50. The zero-order valence-electron chi connectivity index (χ0n) is 16.3. The first-order valence-corrected chi connectivity index (χ1v) is 10.8. The van der Waals surface area contributed by atoms with Gasteiger partial charge < -0.3 is 14.6 Å². The SMILES string of the molecule is COc1ccccc1-c1noc(CCC(=O)Nc2nc(-c3ccc(Cl)cc3Cl)cs2)n1. The molecule has 0 aliphatic heterocycles. The van der Waals surface area contributed by atoms with Crippen LogP contribution in [0.3, 0.4) is 0 Å². The molecule has 1 N–H and O–H groups in total. The Morgan fingerprint density at radius 2 is 2.00 bits per heavy atom. The number of halogens is 2. The van der Waals surface area contributed by atoms with Crippen LogP contribution in [0.5, 0.6) is 5.75 Å². The van der Waals surface area contributed by atoms with E-state index >= 15 is 0 Å². The molecule has 0 spiro atoms. The summed E-state index contributed by atoms with van der Waals surface area (Å²) in [5, 5.41) is 10.1. The number of hydrogen-bond acceptors (Lipinski definition) is 7. The number of hydrogen-bond donors (Lipinski definition) is 1. The van der Waals surface area contributed by atoms with Crippen molar-refractivity contribution in [2.75, 3.05) is 12.4 Å². The molecule has 0 unspecified atom stereocenters. The van der Waals surface area contributed by atoms with Crippen LogP contribution in [0.1, 0.15) is 12.3 Å². The Balaban J connectivity index is 1.36. The number of ether oxygens (including phenoxy) is 1. The summed E-state index contributed by atoms with van der Waals surface area (Å²) in [5.41, 5.74) is 2.14. The minimum absolute atomic E-state index is 0.171. The minimum atomic E-state index is -0.208. The van der Waals surface area contributed by atoms with E-state index in [0.29, 0.717) is 44.8 Å². The summed E-state index contributed by atoms with van der Waals surface area (Å²) in [6.45, 7) is 0. The highest BCUT2D eigenvalue weighted by Crippen LogP contribution is 2.32. The van der Waals surface area contributed by atoms with Crippen LogP contribution in [0.15, 0.2) is 52.4 Å². The van der Waals surface area contributed by atoms with Crippen LogP contribution in [0.2, 0.25) is 10.0 Å². The van der Waals surface area contributed by atoms with Crippen LogP contribution in [-0.2, 0) is 11.2 Å². The number of amides is 1. The number of para-hydroxylation sites is 1. The van der Waals surface area contributed by atoms with Crippen LogP contribution in [-0.4, -0.2) is 28.1 Å². The number of thiazole rings is 1. The van der Waals surface area contributed by atoms with Crippen molar-refractivity contribution >= 4 is 45.6 Å². The molecule has 10 heteroatoms. The Labute approximate surface area is 192 Å². The molecule has 0 saturated carbocycles. The lowest BCUT2D eigenvalue weighted by Crippen LogP contribution is -2.12. The fraction of sp³-hybridized carbons (Fsp3) is 0.143. The molecule has 7 nitrogen and oxygen atoms in total. The van der Waals surface area contributed by atoms with Crippen LogP contribution in [0.4, 0.5) is 5.13 Å². The number of rotatable bonds is 7. The van der Waals surface area contributed by atoms with E-state index < -0.39 is 0 Å². The van der Waals surface area contributed by atoms with E-state index in [1.54, 1.807) is 25.3 Å². The molecule has 4 aromatic rings. The molecule has 2 aromatic carbocycles. The number of aryl methyl sites for hydroxylation is 1. The van der Waals surface area contributed by atoms with Gasteiger partial charge in [0.1, 0.15) is 5.75 Å². The van der Waals surface area contributed by atoms with Crippen molar-refractivity contribution in [3.63, 3.8) is 0 Å². The third-order valence-corrected chi connectivity index (χ3v) is 5.65. The predicted molar refractivity (Wildman–Crippen MR) is 121 cm³/mol. The van der Waals surface area contributed by atoms with Gasteiger partial charge in [-0.25, -0.2) is 4.98 Å². The number of carbonyl (C=O) groups is 1. The number of benzene rings is 2. The second kappa shape index (κ2) is 9.47. The lowest BCUT2D eigenvalue weighted by molar-refractivity contribution is -0.116. The largest absolute Gasteiger partial charge is 0.496 e. The van der Waals surface area contributed by atoms with Gasteiger partial charge in [0.15, 0.2) is 5.13 Å². The van der Waals surface area contributed by atoms with Crippen molar-refractivity contribution < 1.29 is 14.1 Å². The molecular weight excluding hydrogens is 459 g/mol. The number of methoxy groups -OCH3 is 1. The monoisotopic (exact) mass is 474 g/mol. The number of carbonyl (C=O) groups excluding carboxylic acids is 1. The molecule has 2 heterocycles. The molecule has 0 atom stereocenters. The van der Waals surface area contributed by atoms with Crippen molar-refractivity contribution in [3.05, 3.63) is 63.8 Å². The molecule has 2 aromatic heterocycles. The van der Waals surface area contributed by atoms with Gasteiger partial charge >= 0.3 is 0 Å². The Bertz CT molecular complexity index is 1220. The molecule has 31 heavy (non-hydrogen) atoms. The highest BCUT2D eigenvalue weighted by molar-refractivity contribution is 7.14. The predicted octanol–water partition coefficient (Wildman–Crippen LogP) is 5.75. The summed E-state index contributed by atoms with van der Waals surface area (Å²) in [4.78, 5) is 21.1. The molecular formula is C21H16Cl2N4O3S. The van der Waals surface area contributed by atoms with E-state index in [1.807, 2.05) is 29.6 Å². The second-order valence-electron chi connectivity index (χ2n) is 6.42. The third kappa shape index (κ3) is 5.04. The second-order valence-corrected chi connectivity index (χ2v) is 8.12. The fourth-order valence-corrected chi connectivity index (χ4v) is 4.08. The van der Waals surface area contributed by atoms with E-state index in [9.17, 15) is 4.79 Å². The van der Waals surface area contributed by atoms with Crippen LogP contribution in [0.25, 0.3) is 22.6 Å². The topological polar surface area (TPSA) is 90.1 Å². The summed E-state index contributed by atoms with van der Waals surface area (Å²) in [6.07, 6.45) is 0.472. The van der Waals surface area contributed by atoms with E-state index in [1.165, 1.54) is 11.3 Å². The van der Waals surface area contributed by atoms with E-state index in [4.69, 9.17) is 32.5 Å². The molecule has 0 bridgehead atoms. The number of aromatic nitrogens is 3. The first kappa shape index (κ1) is 21.3. The zero-order valence-corrected chi connectivity index (χ0v) is 18.6. The molecule has 0 aliphatic rings. The maximum absolute atomic E-state index is 12.3. The van der Waals surface area contributed by atoms with E-state index in [-0.39, 0.29) is 12.3 Å². The van der Waals surface area contributed by atoms with E-state index in [0.717, 1.165) is 11.1 Å². The van der Waals surface area contributed by atoms with Gasteiger partial charge in [0.25, 0.3) is 0 Å². The average Bonchev–Trinajstić information content (AvgIpc) is 3.42. The lowest BCUT2D eigenvalue weighted by atomic mass is 10.2. The van der Waals surface area contributed by atoms with Gasteiger partial charge in [-0.15, -0.1) is 11.3 Å². The van der Waals surface area contributed by atoms with Crippen molar-refractivity contribution in [3.8, 4) is 28.4 Å². The maximum atomic E-state index is 12.3. The normalized spacial score (nSPS) is 10.8. The Hall–Kier alpha value is -2.94. The molecule has 0 fully saturated rings. The highest BCUT2D eigenvalue weighted by Gasteiger charge is 2.15. The van der Waals surface area contributed by atoms with Crippen LogP contribution < -0.4 is 10.1 Å². The zero-order chi connectivity index (χ0) is 21.8. The van der Waals surface area contributed by atoms with Gasteiger partial charge in [0, 0.05) is 28.8 Å². The maximum Gasteiger partial charge on any atom is 0.227 e. The molecule has 0 radical (unpaired) electrons. The van der Waals surface area contributed by atoms with Gasteiger partial charge in [-0.2, -0.15) is 4.98 Å². The summed E-state index contributed by atoms with van der Waals surface area (Å²) >= 11 is 13.5. The lowest BCUT2D eigenvalue weighted by Gasteiger charge is -2.03. The van der Waals surface area contributed by atoms with Crippen molar-refractivity contribution in [1.29, 1.82) is 0 Å². The number of nitrogens with zero attached hydrogens (tertiary/aromatic N) is 3. The van der Waals surface area contributed by atoms with Crippen molar-refractivity contribution in [2.24, 2.45) is 0 Å². The summed E-state index contributed by atoms with van der Waals surface area (Å²) in [5.74, 6) is 1.22. The standard InChI is InChI=1S/C21H16Cl2N4O3S/c1-29-17-5-3-2-4-14(17)20-26-19(30-27-20)9-8-18(28)25-21-24-16(11-31-21)13-7-6-12(22)10-15(13)23/h2-7,10-11H,8-9H2,1H3,(H,24,25,28).